The Morgan fingerprint density at radius 3 is 2.54 bits per heavy atom. The molecule has 0 atom stereocenters. The van der Waals surface area contributed by atoms with E-state index in [4.69, 9.17) is 15.4 Å². The van der Waals surface area contributed by atoms with Gasteiger partial charge in [-0.15, -0.1) is 0 Å². The number of rotatable bonds is 5. The standard InChI is InChI=1S/C7H14ClNO3S/c8-13(10,11)9-5-6-12-7-3-1-2-4-7/h7,9H,1-6H2. The molecule has 1 saturated carbocycles. The van der Waals surface area contributed by atoms with E-state index in [0.717, 1.165) is 12.8 Å². The van der Waals surface area contributed by atoms with Crippen molar-refractivity contribution in [3.8, 4) is 0 Å². The van der Waals surface area contributed by atoms with Crippen LogP contribution in [0.4, 0.5) is 0 Å². The molecule has 78 valence electrons. The molecule has 1 aliphatic rings. The Bertz CT molecular complexity index is 236. The Morgan fingerprint density at radius 2 is 2.00 bits per heavy atom. The van der Waals surface area contributed by atoms with Crippen molar-refractivity contribution in [2.45, 2.75) is 31.8 Å². The van der Waals surface area contributed by atoms with Crippen molar-refractivity contribution >= 4 is 19.9 Å². The van der Waals surface area contributed by atoms with Crippen molar-refractivity contribution in [1.82, 2.24) is 4.72 Å². The molecule has 0 aliphatic heterocycles. The van der Waals surface area contributed by atoms with E-state index in [-0.39, 0.29) is 6.54 Å². The largest absolute Gasteiger partial charge is 0.377 e. The number of nitrogens with one attached hydrogen (secondary N) is 1. The van der Waals surface area contributed by atoms with E-state index in [1.165, 1.54) is 12.8 Å². The molecule has 6 heteroatoms. The van der Waals surface area contributed by atoms with E-state index < -0.39 is 9.24 Å². The molecule has 4 nitrogen and oxygen atoms in total. The highest BCUT2D eigenvalue weighted by molar-refractivity contribution is 8.12. The van der Waals surface area contributed by atoms with Gasteiger partial charge in [0, 0.05) is 17.2 Å². The van der Waals surface area contributed by atoms with Crippen LogP contribution in [-0.4, -0.2) is 27.7 Å². The van der Waals surface area contributed by atoms with Crippen molar-refractivity contribution in [2.75, 3.05) is 13.2 Å². The third-order valence-corrected chi connectivity index (χ3v) is 2.91. The predicted octanol–water partition coefficient (Wildman–Crippen LogP) is 1.02. The first-order valence-electron chi connectivity index (χ1n) is 4.39. The molecule has 0 bridgehead atoms. The second-order valence-electron chi connectivity index (χ2n) is 3.11. The normalized spacial score (nSPS) is 19.5. The lowest BCUT2D eigenvalue weighted by atomic mass is 10.3. The Morgan fingerprint density at radius 1 is 1.38 bits per heavy atom. The molecule has 1 rings (SSSR count). The van der Waals surface area contributed by atoms with Gasteiger partial charge in [-0.05, 0) is 12.8 Å². The van der Waals surface area contributed by atoms with E-state index in [1.807, 2.05) is 0 Å². The first kappa shape index (κ1) is 11.2. The third kappa shape index (κ3) is 5.46. The van der Waals surface area contributed by atoms with E-state index in [9.17, 15) is 8.42 Å². The van der Waals surface area contributed by atoms with Gasteiger partial charge in [0.25, 0.3) is 9.24 Å². The molecule has 0 spiro atoms. The molecule has 1 fully saturated rings. The first-order chi connectivity index (χ1) is 6.08. The van der Waals surface area contributed by atoms with E-state index in [2.05, 4.69) is 4.72 Å². The van der Waals surface area contributed by atoms with Crippen molar-refractivity contribution in [3.05, 3.63) is 0 Å². The Labute approximate surface area is 83.2 Å². The highest BCUT2D eigenvalue weighted by atomic mass is 35.7. The topological polar surface area (TPSA) is 55.4 Å². The zero-order valence-corrected chi connectivity index (χ0v) is 8.90. The van der Waals surface area contributed by atoms with Crippen LogP contribution in [0.25, 0.3) is 0 Å². The number of hydrogen-bond acceptors (Lipinski definition) is 3. The zero-order chi connectivity index (χ0) is 9.73. The summed E-state index contributed by atoms with van der Waals surface area (Å²) in [4.78, 5) is 0. The maximum absolute atomic E-state index is 10.4. The minimum Gasteiger partial charge on any atom is -0.377 e. The molecule has 0 aromatic rings. The van der Waals surface area contributed by atoms with Gasteiger partial charge in [-0.3, -0.25) is 0 Å². The monoisotopic (exact) mass is 227 g/mol. The van der Waals surface area contributed by atoms with Crippen molar-refractivity contribution in [2.24, 2.45) is 0 Å². The summed E-state index contributed by atoms with van der Waals surface area (Å²) in [6.07, 6.45) is 4.93. The number of hydrogen-bond donors (Lipinski definition) is 1. The van der Waals surface area contributed by atoms with Gasteiger partial charge in [0.15, 0.2) is 0 Å². The fourth-order valence-electron chi connectivity index (χ4n) is 1.44. The SMILES string of the molecule is O=S(=O)(Cl)NCCOC1CCCC1. The fraction of sp³-hybridized carbons (Fsp3) is 1.00. The second-order valence-corrected chi connectivity index (χ2v) is 5.49. The summed E-state index contributed by atoms with van der Waals surface area (Å²) in [5.41, 5.74) is 0. The van der Waals surface area contributed by atoms with Gasteiger partial charge >= 0.3 is 0 Å². The summed E-state index contributed by atoms with van der Waals surface area (Å²) in [5.74, 6) is 0. The molecule has 1 aliphatic carbocycles. The quantitative estimate of drug-likeness (QED) is 0.564. The summed E-state index contributed by atoms with van der Waals surface area (Å²) in [6, 6.07) is 0. The average Bonchev–Trinajstić information content (AvgIpc) is 2.48. The summed E-state index contributed by atoms with van der Waals surface area (Å²) in [6.45, 7) is 0.652. The van der Waals surface area contributed by atoms with Crippen LogP contribution in [0, 0.1) is 0 Å². The van der Waals surface area contributed by atoms with Gasteiger partial charge in [0.05, 0.1) is 12.7 Å². The number of halogens is 1. The van der Waals surface area contributed by atoms with E-state index in [1.54, 1.807) is 0 Å². The van der Waals surface area contributed by atoms with Crippen molar-refractivity contribution in [3.63, 3.8) is 0 Å². The molecular formula is C7H14ClNO3S. The minimum atomic E-state index is -3.58. The fourth-order valence-corrected chi connectivity index (χ4v) is 2.00. The maximum Gasteiger partial charge on any atom is 0.297 e. The molecule has 13 heavy (non-hydrogen) atoms. The van der Waals surface area contributed by atoms with Crippen molar-refractivity contribution < 1.29 is 13.2 Å². The summed E-state index contributed by atoms with van der Waals surface area (Å²) in [7, 11) is 1.36. The van der Waals surface area contributed by atoms with Gasteiger partial charge in [-0.1, -0.05) is 12.8 Å². The Hall–Kier alpha value is 0.160. The van der Waals surface area contributed by atoms with Gasteiger partial charge in [0.2, 0.25) is 0 Å². The highest BCUT2D eigenvalue weighted by Crippen LogP contribution is 2.20. The molecule has 1 N–H and O–H groups in total. The van der Waals surface area contributed by atoms with Gasteiger partial charge in [-0.25, -0.2) is 0 Å². The summed E-state index contributed by atoms with van der Waals surface area (Å²) >= 11 is 0. The third-order valence-electron chi connectivity index (χ3n) is 2.03. The molecule has 0 aromatic carbocycles. The lowest BCUT2D eigenvalue weighted by Crippen LogP contribution is -2.24. The van der Waals surface area contributed by atoms with E-state index >= 15 is 0 Å². The Balaban J connectivity index is 2.01. The van der Waals surface area contributed by atoms with Crippen LogP contribution in [-0.2, 0) is 14.0 Å². The number of ether oxygens (including phenoxy) is 1. The van der Waals surface area contributed by atoms with Crippen LogP contribution in [0.5, 0.6) is 0 Å². The molecule has 0 heterocycles. The lowest BCUT2D eigenvalue weighted by Gasteiger charge is -2.10. The molecule has 0 aromatic heterocycles. The smallest absolute Gasteiger partial charge is 0.297 e. The molecular weight excluding hydrogens is 214 g/mol. The van der Waals surface area contributed by atoms with Crippen LogP contribution < -0.4 is 4.72 Å². The average molecular weight is 228 g/mol. The van der Waals surface area contributed by atoms with Gasteiger partial charge in [0.1, 0.15) is 0 Å². The summed E-state index contributed by atoms with van der Waals surface area (Å²) < 4.78 is 28.4. The van der Waals surface area contributed by atoms with Gasteiger partial charge < -0.3 is 4.74 Å². The van der Waals surface area contributed by atoms with Crippen LogP contribution in [0.1, 0.15) is 25.7 Å². The van der Waals surface area contributed by atoms with Crippen LogP contribution in [0.15, 0.2) is 0 Å². The molecule has 0 amide bonds. The zero-order valence-electron chi connectivity index (χ0n) is 7.33. The predicted molar refractivity (Wildman–Crippen MR) is 51.0 cm³/mol. The molecule has 0 radical (unpaired) electrons. The molecule has 0 saturated heterocycles. The highest BCUT2D eigenvalue weighted by Gasteiger charge is 2.14. The molecule has 0 unspecified atom stereocenters. The summed E-state index contributed by atoms with van der Waals surface area (Å²) in [5, 5.41) is 0. The van der Waals surface area contributed by atoms with Crippen LogP contribution in [0.2, 0.25) is 0 Å². The van der Waals surface area contributed by atoms with E-state index in [0.29, 0.717) is 12.7 Å². The van der Waals surface area contributed by atoms with Gasteiger partial charge in [-0.2, -0.15) is 13.1 Å². The lowest BCUT2D eigenvalue weighted by molar-refractivity contribution is 0.0627. The van der Waals surface area contributed by atoms with Crippen LogP contribution >= 0.6 is 10.7 Å². The Kier molecular flexibility index (Phi) is 4.45. The first-order valence-corrected chi connectivity index (χ1v) is 6.70. The van der Waals surface area contributed by atoms with Crippen molar-refractivity contribution in [1.29, 1.82) is 0 Å². The maximum atomic E-state index is 10.4. The van der Waals surface area contributed by atoms with Crippen LogP contribution in [0.3, 0.4) is 0 Å². The second kappa shape index (κ2) is 5.14. The minimum absolute atomic E-state index is 0.252.